The number of fused-ring (bicyclic) bond motifs is 1. The molecule has 5 heterocycles. The van der Waals surface area contributed by atoms with Crippen molar-refractivity contribution in [2.75, 3.05) is 0 Å². The maximum atomic E-state index is 12.9. The van der Waals surface area contributed by atoms with Crippen LogP contribution in [0.5, 0.6) is 0 Å². The van der Waals surface area contributed by atoms with Crippen LogP contribution in [0.2, 0.25) is 0 Å². The Morgan fingerprint density at radius 1 is 0.310 bits per heavy atom. The molecule has 0 saturated carbocycles. The molecule has 0 aliphatic carbocycles. The Kier molecular flexibility index (Phi) is 31.0. The van der Waals surface area contributed by atoms with Crippen LogP contribution in [0.15, 0.2) is 286 Å². The van der Waals surface area contributed by atoms with Gasteiger partial charge in [0.25, 0.3) is 0 Å². The number of nitrogens with zero attached hydrogens (tertiary/aromatic N) is 5. The molecule has 13 rings (SSSR count). The molecule has 15 heteroatoms. The van der Waals surface area contributed by atoms with E-state index < -0.39 is 11.7 Å². The minimum Gasteiger partial charge on any atom is -0.305 e. The van der Waals surface area contributed by atoms with E-state index in [9.17, 15) is 22.0 Å². The predicted octanol–water partition coefficient (Wildman–Crippen LogP) is 18.5. The summed E-state index contributed by atoms with van der Waals surface area (Å²) in [6, 6.07) is 92.5. The molecule has 0 atom stereocenters. The molecular formula is C72H47F5Ir5N5-5. The zero-order valence-corrected chi connectivity index (χ0v) is 57.4. The standard InChI is InChI=1S/2C17H12N.C15H9FN.C12H7F3N.C11H7FN.5Ir/c1-2-8-14(9-3-1)15-10-4-5-11-16(15)17-12-6-7-13-18-17;1-2-6-14(7-3-1)15-9-11-16(12-10-15)17-8-4-5-13-18-17;16-13-7-5-12(6-8-13)15-14-4-2-1-3-11(14)9-10-17-15;13-12(14,15)10-6-4-9(5-7-10)11-3-1-2-8-16-11;12-10-6-4-9(5-7-10)11-3-1-2-8-13-11;;;;;/h1-10,12-13H;1-11,13H;1-5,7-10H;1-4,6-8H;1-4,6-8H;;;;;/q5*-1;;;;;. The van der Waals surface area contributed by atoms with E-state index in [1.807, 2.05) is 146 Å². The number of rotatable bonds is 7. The Bertz CT molecular complexity index is 3880. The summed E-state index contributed by atoms with van der Waals surface area (Å²) in [5.41, 5.74) is 12.4. The van der Waals surface area contributed by atoms with Crippen molar-refractivity contribution in [1.29, 1.82) is 0 Å². The van der Waals surface area contributed by atoms with Crippen LogP contribution in [0.4, 0.5) is 22.0 Å². The molecule has 0 saturated heterocycles. The van der Waals surface area contributed by atoms with Gasteiger partial charge in [0.2, 0.25) is 0 Å². The van der Waals surface area contributed by atoms with E-state index in [-0.39, 0.29) is 112 Å². The first-order chi connectivity index (χ1) is 40.2. The molecule has 13 aromatic rings. The summed E-state index contributed by atoms with van der Waals surface area (Å²) < 4.78 is 62.3. The van der Waals surface area contributed by atoms with Gasteiger partial charge in [-0.25, -0.2) is 0 Å². The summed E-state index contributed by atoms with van der Waals surface area (Å²) in [6.07, 6.45) is 4.33. The summed E-state index contributed by atoms with van der Waals surface area (Å²) in [7, 11) is 0. The fourth-order valence-corrected chi connectivity index (χ4v) is 8.19. The minimum absolute atomic E-state index is 0. The van der Waals surface area contributed by atoms with Crippen LogP contribution in [0.3, 0.4) is 0 Å². The Morgan fingerprint density at radius 2 is 0.759 bits per heavy atom. The number of benzene rings is 8. The van der Waals surface area contributed by atoms with Gasteiger partial charge < -0.3 is 24.9 Å². The second-order valence-corrected chi connectivity index (χ2v) is 17.8. The fraction of sp³-hybridized carbons (Fsp3) is 0.0139. The van der Waals surface area contributed by atoms with Crippen molar-refractivity contribution in [2.45, 2.75) is 6.18 Å². The molecule has 0 bridgehead atoms. The number of pyridine rings is 5. The van der Waals surface area contributed by atoms with E-state index >= 15 is 0 Å². The van der Waals surface area contributed by atoms with Crippen molar-refractivity contribution >= 4 is 10.8 Å². The smallest absolute Gasteiger partial charge is 0.305 e. The third kappa shape index (κ3) is 21.5. The van der Waals surface area contributed by atoms with Crippen molar-refractivity contribution < 1.29 is 122 Å². The van der Waals surface area contributed by atoms with Crippen LogP contribution in [0.25, 0.3) is 89.3 Å². The largest absolute Gasteiger partial charge is 0.381 e. The van der Waals surface area contributed by atoms with Crippen LogP contribution in [0, 0.1) is 42.0 Å². The van der Waals surface area contributed by atoms with Gasteiger partial charge >= 0.3 is 6.18 Å². The number of hydrogen-bond donors (Lipinski definition) is 0. The van der Waals surface area contributed by atoms with Crippen molar-refractivity contribution in [2.24, 2.45) is 0 Å². The number of alkyl halides is 3. The second-order valence-electron chi connectivity index (χ2n) is 17.8. The van der Waals surface area contributed by atoms with E-state index in [1.54, 1.807) is 55.1 Å². The van der Waals surface area contributed by atoms with Gasteiger partial charge in [-0.1, -0.05) is 156 Å². The number of hydrogen-bond acceptors (Lipinski definition) is 5. The molecule has 5 aromatic heterocycles. The predicted molar refractivity (Wildman–Crippen MR) is 316 cm³/mol. The maximum absolute atomic E-state index is 12.9. The zero-order chi connectivity index (χ0) is 56.8. The van der Waals surface area contributed by atoms with Crippen molar-refractivity contribution in [3.05, 3.63) is 333 Å². The second kappa shape index (κ2) is 37.4. The van der Waals surface area contributed by atoms with Gasteiger partial charge in [0.1, 0.15) is 0 Å². The Morgan fingerprint density at radius 3 is 1.22 bits per heavy atom. The molecule has 5 nitrogen and oxygen atoms in total. The van der Waals surface area contributed by atoms with Crippen LogP contribution < -0.4 is 0 Å². The summed E-state index contributed by atoms with van der Waals surface area (Å²) in [6.45, 7) is 0. The Balaban J connectivity index is 0.000000230. The SMILES string of the molecule is FC(F)(F)c1c[c-]c(-c2ccccn2)cc1.Fc1c[c-]c(-c2ccccn2)cc1.Fc1c[c-]c(-c2nccc3ccccc23)cc1.[Ir].[Ir].[Ir].[Ir].[Ir].[c-]1cc(-c2ccccc2)ccc1-c1ccccn1.[c-]1cccc(-c2ccccc2)c1-c1ccccn1. The van der Waals surface area contributed by atoms with E-state index in [0.717, 1.165) is 73.5 Å². The molecule has 8 aromatic carbocycles. The maximum Gasteiger partial charge on any atom is 0.381 e. The minimum atomic E-state index is -4.32. The van der Waals surface area contributed by atoms with Crippen molar-refractivity contribution in [3.63, 3.8) is 0 Å². The quantitative estimate of drug-likeness (QED) is 0.118. The third-order valence-corrected chi connectivity index (χ3v) is 12.2. The van der Waals surface area contributed by atoms with Crippen LogP contribution >= 0.6 is 0 Å². The van der Waals surface area contributed by atoms with Gasteiger partial charge in [-0.05, 0) is 75.1 Å². The monoisotopic (exact) mass is 2040 g/mol. The topological polar surface area (TPSA) is 64.5 Å². The van der Waals surface area contributed by atoms with Crippen molar-refractivity contribution in [1.82, 2.24) is 24.9 Å². The number of halogens is 5. The van der Waals surface area contributed by atoms with Crippen molar-refractivity contribution in [3.8, 4) is 78.5 Å². The van der Waals surface area contributed by atoms with Gasteiger partial charge in [0, 0.05) is 143 Å². The summed E-state index contributed by atoms with van der Waals surface area (Å²) in [4.78, 5) is 21.2. The van der Waals surface area contributed by atoms with Gasteiger partial charge in [0.05, 0.1) is 0 Å². The summed E-state index contributed by atoms with van der Waals surface area (Å²) >= 11 is 0. The van der Waals surface area contributed by atoms with Gasteiger partial charge in [-0.15, -0.1) is 149 Å². The molecule has 0 aliphatic rings. The van der Waals surface area contributed by atoms with E-state index in [4.69, 9.17) is 0 Å². The van der Waals surface area contributed by atoms with Gasteiger partial charge in [-0.3, -0.25) is 8.78 Å². The first kappa shape index (κ1) is 72.1. The van der Waals surface area contributed by atoms with Gasteiger partial charge in [-0.2, -0.15) is 13.2 Å². The molecule has 0 unspecified atom stereocenters. The van der Waals surface area contributed by atoms with Gasteiger partial charge in [0.15, 0.2) is 0 Å². The molecule has 0 amide bonds. The Labute approximate surface area is 570 Å². The van der Waals surface area contributed by atoms with Crippen LogP contribution in [0.1, 0.15) is 5.56 Å². The molecule has 5 radical (unpaired) electrons. The fourth-order valence-electron chi connectivity index (χ4n) is 8.19. The zero-order valence-electron chi connectivity index (χ0n) is 45.4. The molecule has 0 N–H and O–H groups in total. The third-order valence-electron chi connectivity index (χ3n) is 12.2. The average molecular weight is 2040 g/mol. The summed E-state index contributed by atoms with van der Waals surface area (Å²) in [5.74, 6) is -0.561. The first-order valence-electron chi connectivity index (χ1n) is 25.7. The molecular weight excluding hydrogens is 1990 g/mol. The molecule has 87 heavy (non-hydrogen) atoms. The van der Waals surface area contributed by atoms with E-state index in [1.165, 1.54) is 47.0 Å². The van der Waals surface area contributed by atoms with E-state index in [2.05, 4.69) is 97.7 Å². The molecule has 0 aliphatic heterocycles. The molecule has 0 fully saturated rings. The first-order valence-corrected chi connectivity index (χ1v) is 25.7. The Hall–Kier alpha value is -7.33. The average Bonchev–Trinajstić information content (AvgIpc) is 2.79. The number of aromatic nitrogens is 5. The summed E-state index contributed by atoms with van der Waals surface area (Å²) in [5, 5.41) is 2.17. The van der Waals surface area contributed by atoms with E-state index in [0.29, 0.717) is 11.3 Å². The normalized spacial score (nSPS) is 9.90. The molecule has 0 spiro atoms. The van der Waals surface area contributed by atoms with Crippen LogP contribution in [-0.4, -0.2) is 24.9 Å². The molecule has 445 valence electrons. The van der Waals surface area contributed by atoms with Crippen LogP contribution in [-0.2, 0) is 107 Å².